The number of hydrogen-bond acceptors (Lipinski definition) is 4. The molecule has 0 bridgehead atoms. The molecule has 1 saturated carbocycles. The van der Waals surface area contributed by atoms with Crippen LogP contribution >= 0.6 is 0 Å². The molecule has 7 nitrogen and oxygen atoms in total. The zero-order chi connectivity index (χ0) is 28.4. The molecule has 0 aliphatic heterocycles. The van der Waals surface area contributed by atoms with Gasteiger partial charge in [0, 0.05) is 12.5 Å². The van der Waals surface area contributed by atoms with E-state index in [1.165, 1.54) is 0 Å². The summed E-state index contributed by atoms with van der Waals surface area (Å²) < 4.78 is 0. The molecule has 7 heteroatoms. The Labute approximate surface area is 233 Å². The van der Waals surface area contributed by atoms with Gasteiger partial charge >= 0.3 is 0 Å². The first-order valence-corrected chi connectivity index (χ1v) is 14.3. The third-order valence-electron chi connectivity index (χ3n) is 7.83. The number of amides is 3. The lowest BCUT2D eigenvalue weighted by Crippen LogP contribution is -2.60. The van der Waals surface area contributed by atoms with Crippen LogP contribution in [0.5, 0.6) is 0 Å². The summed E-state index contributed by atoms with van der Waals surface area (Å²) in [7, 11) is 1.72. The zero-order valence-corrected chi connectivity index (χ0v) is 24.1. The van der Waals surface area contributed by atoms with Crippen LogP contribution in [0.3, 0.4) is 0 Å². The number of nitrogens with one attached hydrogen (secondary N) is 4. The van der Waals surface area contributed by atoms with E-state index in [4.69, 9.17) is 0 Å². The number of likely N-dealkylation sites (N-methyl/N-ethyl adjacent to an activating group) is 1. The fourth-order valence-corrected chi connectivity index (χ4v) is 5.29. The highest BCUT2D eigenvalue weighted by molar-refractivity contribution is 5.93. The second-order valence-electron chi connectivity index (χ2n) is 11.8. The van der Waals surface area contributed by atoms with Crippen molar-refractivity contribution in [1.29, 1.82) is 0 Å². The molecule has 212 valence electrons. The summed E-state index contributed by atoms with van der Waals surface area (Å²) >= 11 is 0. The molecule has 0 saturated heterocycles. The molecule has 2 aromatic carbocycles. The minimum Gasteiger partial charge on any atom is -0.353 e. The van der Waals surface area contributed by atoms with Gasteiger partial charge in [0.1, 0.15) is 12.1 Å². The molecule has 3 rings (SSSR count). The standard InChI is InChI=1S/C32H46N4O3/c1-22(33-5)29(37)35-27(25-19-13-8-14-20-25)30(38)36-28(32(2,3)4)31(39)34-21-26(23-15-9-6-10-16-23)24-17-11-7-12-18-24/h6-7,9-12,15-18,22,25-28,33H,8,13-14,19-21H2,1-5H3,(H,34,39)(H,35,37)(H,36,38)/t22-,27+,28+/m0/s1. The Bertz CT molecular complexity index is 1020. The lowest BCUT2D eigenvalue weighted by Gasteiger charge is -2.35. The normalized spacial score (nSPS) is 16.7. The molecular formula is C32H46N4O3. The monoisotopic (exact) mass is 534 g/mol. The molecule has 0 spiro atoms. The van der Waals surface area contributed by atoms with Crippen LogP contribution in [0.4, 0.5) is 0 Å². The van der Waals surface area contributed by atoms with E-state index in [9.17, 15) is 14.4 Å². The maximum atomic E-state index is 13.7. The van der Waals surface area contributed by atoms with Crippen LogP contribution in [0.2, 0.25) is 0 Å². The summed E-state index contributed by atoms with van der Waals surface area (Å²) in [6.45, 7) is 8.01. The molecule has 1 fully saturated rings. The Balaban J connectivity index is 1.77. The van der Waals surface area contributed by atoms with Gasteiger partial charge in [0.15, 0.2) is 0 Å². The van der Waals surface area contributed by atoms with E-state index in [2.05, 4.69) is 45.5 Å². The van der Waals surface area contributed by atoms with Gasteiger partial charge in [-0.15, -0.1) is 0 Å². The number of rotatable bonds is 11. The van der Waals surface area contributed by atoms with Gasteiger partial charge in [-0.25, -0.2) is 0 Å². The van der Waals surface area contributed by atoms with Crippen molar-refractivity contribution in [2.45, 2.75) is 83.8 Å². The van der Waals surface area contributed by atoms with Crippen LogP contribution in [0, 0.1) is 11.3 Å². The van der Waals surface area contributed by atoms with Gasteiger partial charge in [0.2, 0.25) is 17.7 Å². The summed E-state index contributed by atoms with van der Waals surface area (Å²) in [5, 5.41) is 12.1. The number of carbonyl (C=O) groups excluding carboxylic acids is 3. The van der Waals surface area contributed by atoms with E-state index in [1.54, 1.807) is 14.0 Å². The molecule has 3 atom stereocenters. The van der Waals surface area contributed by atoms with Crippen LogP contribution in [0.15, 0.2) is 60.7 Å². The van der Waals surface area contributed by atoms with Crippen molar-refractivity contribution in [2.24, 2.45) is 11.3 Å². The highest BCUT2D eigenvalue weighted by atomic mass is 16.2. The molecule has 2 aromatic rings. The van der Waals surface area contributed by atoms with Crippen molar-refractivity contribution < 1.29 is 14.4 Å². The molecule has 1 aliphatic rings. The Kier molecular flexibility index (Phi) is 11.1. The van der Waals surface area contributed by atoms with Crippen LogP contribution in [0.1, 0.15) is 76.8 Å². The number of carbonyl (C=O) groups is 3. The lowest BCUT2D eigenvalue weighted by atomic mass is 9.82. The minimum atomic E-state index is -0.762. The van der Waals surface area contributed by atoms with Crippen LogP contribution in [-0.2, 0) is 14.4 Å². The van der Waals surface area contributed by atoms with Crippen molar-refractivity contribution in [1.82, 2.24) is 21.3 Å². The molecule has 0 radical (unpaired) electrons. The first kappa shape index (κ1) is 30.4. The average molecular weight is 535 g/mol. The lowest BCUT2D eigenvalue weighted by molar-refractivity contribution is -0.135. The molecule has 0 heterocycles. The van der Waals surface area contributed by atoms with E-state index < -0.39 is 23.5 Å². The van der Waals surface area contributed by atoms with Gasteiger partial charge < -0.3 is 21.3 Å². The summed E-state index contributed by atoms with van der Waals surface area (Å²) in [6.07, 6.45) is 4.98. The first-order valence-electron chi connectivity index (χ1n) is 14.3. The summed E-state index contributed by atoms with van der Waals surface area (Å²) in [5.74, 6) is -0.712. The van der Waals surface area contributed by atoms with Gasteiger partial charge in [-0.1, -0.05) is 101 Å². The van der Waals surface area contributed by atoms with E-state index in [1.807, 2.05) is 57.2 Å². The van der Waals surface area contributed by atoms with Crippen molar-refractivity contribution in [2.75, 3.05) is 13.6 Å². The quantitative estimate of drug-likeness (QED) is 0.348. The van der Waals surface area contributed by atoms with Gasteiger partial charge in [-0.05, 0) is 49.3 Å². The third kappa shape index (κ3) is 8.65. The van der Waals surface area contributed by atoms with Crippen LogP contribution < -0.4 is 21.3 Å². The fourth-order valence-electron chi connectivity index (χ4n) is 5.29. The molecular weight excluding hydrogens is 488 g/mol. The van der Waals surface area contributed by atoms with E-state index in [0.29, 0.717) is 6.54 Å². The average Bonchev–Trinajstić information content (AvgIpc) is 2.94. The number of hydrogen-bond donors (Lipinski definition) is 4. The predicted molar refractivity (Wildman–Crippen MR) is 156 cm³/mol. The van der Waals surface area contributed by atoms with Crippen LogP contribution in [0.25, 0.3) is 0 Å². The van der Waals surface area contributed by atoms with E-state index in [-0.39, 0.29) is 29.6 Å². The fraction of sp³-hybridized carbons (Fsp3) is 0.531. The van der Waals surface area contributed by atoms with Gasteiger partial charge in [0.25, 0.3) is 0 Å². The zero-order valence-electron chi connectivity index (χ0n) is 24.1. The second-order valence-corrected chi connectivity index (χ2v) is 11.8. The maximum Gasteiger partial charge on any atom is 0.243 e. The van der Waals surface area contributed by atoms with Crippen molar-refractivity contribution >= 4 is 17.7 Å². The molecule has 39 heavy (non-hydrogen) atoms. The smallest absolute Gasteiger partial charge is 0.243 e. The van der Waals surface area contributed by atoms with Crippen molar-refractivity contribution in [3.05, 3.63) is 71.8 Å². The molecule has 4 N–H and O–H groups in total. The van der Waals surface area contributed by atoms with Crippen molar-refractivity contribution in [3.8, 4) is 0 Å². The molecule has 0 aromatic heterocycles. The second kappa shape index (κ2) is 14.3. The van der Waals surface area contributed by atoms with Gasteiger partial charge in [-0.2, -0.15) is 0 Å². The summed E-state index contributed by atoms with van der Waals surface area (Å²) in [5.41, 5.74) is 1.69. The molecule has 0 unspecified atom stereocenters. The van der Waals surface area contributed by atoms with Gasteiger partial charge in [0.05, 0.1) is 6.04 Å². The number of benzene rings is 2. The van der Waals surface area contributed by atoms with E-state index in [0.717, 1.165) is 43.2 Å². The topological polar surface area (TPSA) is 99.3 Å². The minimum absolute atomic E-state index is 0.0232. The summed E-state index contributed by atoms with van der Waals surface area (Å²) in [6, 6.07) is 18.4. The third-order valence-corrected chi connectivity index (χ3v) is 7.83. The van der Waals surface area contributed by atoms with Gasteiger partial charge in [-0.3, -0.25) is 14.4 Å². The van der Waals surface area contributed by atoms with Crippen LogP contribution in [-0.4, -0.2) is 49.4 Å². The Morgan fingerprint density at radius 2 is 1.33 bits per heavy atom. The van der Waals surface area contributed by atoms with Crippen molar-refractivity contribution in [3.63, 3.8) is 0 Å². The Hall–Kier alpha value is -3.19. The highest BCUT2D eigenvalue weighted by Gasteiger charge is 2.38. The maximum absolute atomic E-state index is 13.7. The molecule has 1 aliphatic carbocycles. The predicted octanol–water partition coefficient (Wildman–Crippen LogP) is 4.14. The van der Waals surface area contributed by atoms with E-state index >= 15 is 0 Å². The Morgan fingerprint density at radius 3 is 1.82 bits per heavy atom. The summed E-state index contributed by atoms with van der Waals surface area (Å²) in [4.78, 5) is 40.1. The molecule has 3 amide bonds. The largest absolute Gasteiger partial charge is 0.353 e. The first-order chi connectivity index (χ1) is 18.6. The SMILES string of the molecule is CN[C@@H](C)C(=O)N[C@@H](C(=O)N[C@H](C(=O)NCC(c1ccccc1)c1ccccc1)C(C)(C)C)C1CCCCC1. The Morgan fingerprint density at radius 1 is 0.795 bits per heavy atom. The highest BCUT2D eigenvalue weighted by Crippen LogP contribution is 2.28.